The van der Waals surface area contributed by atoms with Crippen molar-refractivity contribution in [2.24, 2.45) is 0 Å². The van der Waals surface area contributed by atoms with Gasteiger partial charge >= 0.3 is 0 Å². The second-order valence-electron chi connectivity index (χ2n) is 7.97. The fraction of sp³-hybridized carbons (Fsp3) is 0.391. The Morgan fingerprint density at radius 3 is 2.55 bits per heavy atom. The van der Waals surface area contributed by atoms with Crippen LogP contribution in [-0.4, -0.2) is 46.5 Å². The first kappa shape index (κ1) is 22.1. The molecule has 1 N–H and O–H groups in total. The predicted molar refractivity (Wildman–Crippen MR) is 122 cm³/mol. The fourth-order valence-corrected chi connectivity index (χ4v) is 4.41. The predicted octanol–water partition coefficient (Wildman–Crippen LogP) is 4.85. The largest absolute Gasteiger partial charge is 0.353 e. The first-order chi connectivity index (χ1) is 14.9. The van der Waals surface area contributed by atoms with Gasteiger partial charge in [-0.1, -0.05) is 35.3 Å². The Morgan fingerprint density at radius 1 is 1.16 bits per heavy atom. The van der Waals surface area contributed by atoms with Gasteiger partial charge in [0.05, 0.1) is 21.1 Å². The van der Waals surface area contributed by atoms with Crippen molar-refractivity contribution in [3.8, 4) is 0 Å². The number of halogens is 3. The standard InChI is InChI=1S/C23H25Cl2FN4O/c1-15(23(31)27-8-11-29-9-2-3-10-29)30-21-14-19(25)18(24)13-20(21)28-22(30)12-16-4-6-17(26)7-5-16/h4-7,13-15H,2-3,8-12H2,1H3,(H,27,31)/t15-/m1/s1. The summed E-state index contributed by atoms with van der Waals surface area (Å²) in [5.41, 5.74) is 2.31. The molecule has 0 saturated carbocycles. The summed E-state index contributed by atoms with van der Waals surface area (Å²) in [6.45, 7) is 5.50. The van der Waals surface area contributed by atoms with Crippen LogP contribution in [0.4, 0.5) is 4.39 Å². The zero-order chi connectivity index (χ0) is 22.0. The number of hydrogen-bond donors (Lipinski definition) is 1. The molecule has 3 aromatic rings. The highest BCUT2D eigenvalue weighted by Gasteiger charge is 2.23. The molecule has 0 aliphatic carbocycles. The summed E-state index contributed by atoms with van der Waals surface area (Å²) in [5, 5.41) is 3.87. The molecule has 5 nitrogen and oxygen atoms in total. The number of hydrogen-bond acceptors (Lipinski definition) is 3. The van der Waals surface area contributed by atoms with Crippen LogP contribution >= 0.6 is 23.2 Å². The van der Waals surface area contributed by atoms with Gasteiger partial charge in [0.1, 0.15) is 17.7 Å². The molecule has 1 fully saturated rings. The van der Waals surface area contributed by atoms with E-state index in [9.17, 15) is 9.18 Å². The number of nitrogens with zero attached hydrogens (tertiary/aromatic N) is 3. The molecule has 0 radical (unpaired) electrons. The van der Waals surface area contributed by atoms with E-state index in [0.29, 0.717) is 34.4 Å². The third kappa shape index (κ3) is 5.03. The zero-order valence-electron chi connectivity index (χ0n) is 17.4. The molecular formula is C23H25Cl2FN4O. The lowest BCUT2D eigenvalue weighted by atomic mass is 10.1. The van der Waals surface area contributed by atoms with Crippen LogP contribution in [0.3, 0.4) is 0 Å². The zero-order valence-corrected chi connectivity index (χ0v) is 18.9. The molecule has 1 aliphatic rings. The lowest BCUT2D eigenvalue weighted by Gasteiger charge is -2.19. The number of carbonyl (C=O) groups is 1. The molecule has 4 rings (SSSR count). The van der Waals surface area contributed by atoms with Crippen LogP contribution in [-0.2, 0) is 11.2 Å². The minimum absolute atomic E-state index is 0.0788. The highest BCUT2D eigenvalue weighted by molar-refractivity contribution is 6.42. The van der Waals surface area contributed by atoms with Gasteiger partial charge in [0.25, 0.3) is 0 Å². The van der Waals surface area contributed by atoms with Crippen molar-refractivity contribution in [3.63, 3.8) is 0 Å². The van der Waals surface area contributed by atoms with Crippen molar-refractivity contribution in [2.75, 3.05) is 26.2 Å². The van der Waals surface area contributed by atoms with E-state index >= 15 is 0 Å². The van der Waals surface area contributed by atoms with Gasteiger partial charge in [-0.05, 0) is 62.7 Å². The monoisotopic (exact) mass is 462 g/mol. The average molecular weight is 463 g/mol. The summed E-state index contributed by atoms with van der Waals surface area (Å²) >= 11 is 12.5. The number of amides is 1. The van der Waals surface area contributed by atoms with Crippen molar-refractivity contribution in [1.82, 2.24) is 19.8 Å². The summed E-state index contributed by atoms with van der Waals surface area (Å²) < 4.78 is 15.2. The van der Waals surface area contributed by atoms with Gasteiger partial charge in [-0.15, -0.1) is 0 Å². The number of benzene rings is 2. The van der Waals surface area contributed by atoms with Gasteiger partial charge in [-0.3, -0.25) is 4.79 Å². The van der Waals surface area contributed by atoms with E-state index in [1.54, 1.807) is 24.3 Å². The first-order valence-electron chi connectivity index (χ1n) is 10.5. The van der Waals surface area contributed by atoms with Crippen molar-refractivity contribution >= 4 is 40.1 Å². The van der Waals surface area contributed by atoms with Crippen LogP contribution in [0.1, 0.15) is 37.2 Å². The summed E-state index contributed by atoms with van der Waals surface area (Å²) in [6, 6.07) is 9.25. The molecule has 8 heteroatoms. The Hall–Kier alpha value is -2.15. The van der Waals surface area contributed by atoms with Crippen molar-refractivity contribution < 1.29 is 9.18 Å². The molecule has 1 aromatic heterocycles. The molecular weight excluding hydrogens is 438 g/mol. The number of likely N-dealkylation sites (tertiary alicyclic amines) is 1. The van der Waals surface area contributed by atoms with Crippen LogP contribution < -0.4 is 5.32 Å². The fourth-order valence-electron chi connectivity index (χ4n) is 4.09. The maximum atomic E-state index is 13.3. The van der Waals surface area contributed by atoms with Crippen LogP contribution in [0.15, 0.2) is 36.4 Å². The summed E-state index contributed by atoms with van der Waals surface area (Å²) in [5.74, 6) is 0.327. The number of carbonyl (C=O) groups excluding carboxylic acids is 1. The summed E-state index contributed by atoms with van der Waals surface area (Å²) in [4.78, 5) is 20.1. The van der Waals surface area contributed by atoms with Crippen molar-refractivity contribution in [3.05, 3.63) is 63.6 Å². The average Bonchev–Trinajstić information content (AvgIpc) is 3.37. The van der Waals surface area contributed by atoms with Gasteiger partial charge in [-0.2, -0.15) is 0 Å². The third-order valence-corrected chi connectivity index (χ3v) is 6.49. The van der Waals surface area contributed by atoms with Crippen LogP contribution in [0.2, 0.25) is 10.0 Å². The Morgan fingerprint density at radius 2 is 1.84 bits per heavy atom. The number of rotatable bonds is 7. The molecule has 1 saturated heterocycles. The molecule has 1 amide bonds. The third-order valence-electron chi connectivity index (χ3n) is 5.77. The molecule has 2 aromatic carbocycles. The molecule has 0 unspecified atom stereocenters. The van der Waals surface area contributed by atoms with Crippen LogP contribution in [0.5, 0.6) is 0 Å². The van der Waals surface area contributed by atoms with E-state index in [1.165, 1.54) is 25.0 Å². The van der Waals surface area contributed by atoms with Crippen LogP contribution in [0, 0.1) is 5.82 Å². The normalized spacial score (nSPS) is 15.5. The van der Waals surface area contributed by atoms with E-state index < -0.39 is 6.04 Å². The van der Waals surface area contributed by atoms with Gasteiger partial charge < -0.3 is 14.8 Å². The quantitative estimate of drug-likeness (QED) is 0.545. The molecule has 0 spiro atoms. The van der Waals surface area contributed by atoms with E-state index in [4.69, 9.17) is 28.2 Å². The minimum Gasteiger partial charge on any atom is -0.353 e. The second-order valence-corrected chi connectivity index (χ2v) is 8.79. The van der Waals surface area contributed by atoms with Gasteiger partial charge in [-0.25, -0.2) is 9.37 Å². The Balaban J connectivity index is 1.60. The summed E-state index contributed by atoms with van der Waals surface area (Å²) in [7, 11) is 0. The molecule has 1 aliphatic heterocycles. The van der Waals surface area contributed by atoms with Gasteiger partial charge in [0, 0.05) is 19.5 Å². The first-order valence-corrected chi connectivity index (χ1v) is 11.3. The van der Waals surface area contributed by atoms with E-state index in [2.05, 4.69) is 10.2 Å². The smallest absolute Gasteiger partial charge is 0.242 e. The molecule has 2 heterocycles. The second kappa shape index (κ2) is 9.55. The summed E-state index contributed by atoms with van der Waals surface area (Å²) in [6.07, 6.45) is 2.90. The van der Waals surface area contributed by atoms with E-state index in [-0.39, 0.29) is 11.7 Å². The van der Waals surface area contributed by atoms with Crippen molar-refractivity contribution in [2.45, 2.75) is 32.2 Å². The van der Waals surface area contributed by atoms with E-state index in [1.807, 2.05) is 11.5 Å². The number of aromatic nitrogens is 2. The van der Waals surface area contributed by atoms with Gasteiger partial charge in [0.2, 0.25) is 5.91 Å². The van der Waals surface area contributed by atoms with Crippen molar-refractivity contribution in [1.29, 1.82) is 0 Å². The Bertz CT molecular complexity index is 1080. The SMILES string of the molecule is C[C@H](C(=O)NCCN1CCCC1)n1c(Cc2ccc(F)cc2)nc2cc(Cl)c(Cl)cc21. The van der Waals surface area contributed by atoms with Gasteiger partial charge in [0.15, 0.2) is 0 Å². The minimum atomic E-state index is -0.490. The molecule has 31 heavy (non-hydrogen) atoms. The van der Waals surface area contributed by atoms with E-state index in [0.717, 1.165) is 30.7 Å². The topological polar surface area (TPSA) is 50.2 Å². The maximum Gasteiger partial charge on any atom is 0.242 e. The Kier molecular flexibility index (Phi) is 6.80. The maximum absolute atomic E-state index is 13.3. The number of fused-ring (bicyclic) bond motifs is 1. The highest BCUT2D eigenvalue weighted by Crippen LogP contribution is 2.31. The number of imidazole rings is 1. The lowest BCUT2D eigenvalue weighted by molar-refractivity contribution is -0.123. The lowest BCUT2D eigenvalue weighted by Crippen LogP contribution is -2.37. The Labute approximate surface area is 191 Å². The highest BCUT2D eigenvalue weighted by atomic mass is 35.5. The molecule has 1 atom stereocenters. The van der Waals surface area contributed by atoms with Crippen LogP contribution in [0.25, 0.3) is 11.0 Å². The molecule has 0 bridgehead atoms. The number of nitrogens with one attached hydrogen (secondary N) is 1. The molecule has 164 valence electrons.